The molecular weight excluding hydrogens is 1920 g/mol. The maximum atomic E-state index is 11.1. The number of nitrogens with one attached hydrogen (secondary N) is 15. The summed E-state index contributed by atoms with van der Waals surface area (Å²) >= 11 is 0. The molecule has 150 heavy (non-hydrogen) atoms. The number of ether oxygens (including phenoxy) is 2. The third kappa shape index (κ3) is 38.1. The van der Waals surface area contributed by atoms with E-state index in [1.807, 2.05) is 143 Å². The van der Waals surface area contributed by atoms with E-state index in [2.05, 4.69) is 131 Å². The van der Waals surface area contributed by atoms with Crippen LogP contribution in [0.15, 0.2) is 286 Å². The number of anilines is 1. The van der Waals surface area contributed by atoms with Crippen molar-refractivity contribution >= 4 is 93.3 Å². The highest BCUT2D eigenvalue weighted by molar-refractivity contribution is 6.06. The standard InChI is InChI=1S/C12H10N2O.C11H8N2O2.C10H9N3O.C9H7NO.C8H10N2O.C8H7NO.C7H8N2O2.C6H9N3O.C6H8O.C5H7NO.C5H5NO.C5H6O.C4H6N2O.C4H4N2O.C4H7NO.C3H6N2O/c15-11-7-9-6-5-8-3-1-2-4-10(8)12(9)14-13-11;14-10-5-7-6-15-9-4-2-1-3-8(9)11(7)13-12-10;14-9-6-13-5-7-3-1-2-4-8(7)11-10(13)12-9;11-9-6-5-7-3-1-2-4-8(7)10-9;11-8-5-6-3-1-2-4-7(6)9-10-8;10-8-5-6-3-1-2-4-7(6)9-8;10-7-3-5-4-11-2-1-6(5)8-9-7;10-5-4-9-3-1-2-7-6(9)8-5;7-6-4-2-1-3-5-6;2*7-5-3-1-2-4-6-5;6-5-3-1-2-4-5;2*7-4-2-1-3-5-6-4;6-4-2-1-3-5-4;6-3-1-4-2-5-3/h1-4,7H,5-6H2,(H,13,15);1-5H,6H2,(H,12,14);1-4H,5-6H2,(H,11,12,14);1-6H,(H,10,11);5H,1-4H2,(H,10,11);1-4H,5H2,(H,9,10);3H,1-2,4H2,(H,9,10);1-4H2,(H,7,8,10);2,4H,1,3,5H2;1,3H,2,4H2,(H,6,7);1-4H,(H,6,7);1,3H,2,4H2;3H,1-2H2,(H,6,7);1-3H,(H,6,7);1-3H2,(H,5,6);4H,1-2H2,(H,5,6). The van der Waals surface area contributed by atoms with Gasteiger partial charge in [0.15, 0.2) is 11.6 Å². The Balaban J connectivity index is 0.000000143. The van der Waals surface area contributed by atoms with Gasteiger partial charge in [0.2, 0.25) is 64.4 Å². The number of aromatic nitrogens is 12. The quantitative estimate of drug-likeness (QED) is 0.0749. The van der Waals surface area contributed by atoms with E-state index in [-0.39, 0.29) is 91.8 Å². The molecule has 43 heteroatoms. The second-order valence-electron chi connectivity index (χ2n) is 34.4. The van der Waals surface area contributed by atoms with E-state index in [0.717, 1.165) is 225 Å². The van der Waals surface area contributed by atoms with E-state index in [1.165, 1.54) is 54.4 Å². The molecule has 4 saturated heterocycles. The van der Waals surface area contributed by atoms with E-state index < -0.39 is 0 Å². The fraction of sp³-hybridized carbons (Fsp3) is 0.290. The first kappa shape index (κ1) is 111. The molecule has 7 amide bonds. The molecule has 0 saturated carbocycles. The number of aromatic amines is 7. The van der Waals surface area contributed by atoms with Crippen molar-refractivity contribution in [2.75, 3.05) is 64.4 Å². The molecule has 43 nitrogen and oxygen atoms in total. The zero-order chi connectivity index (χ0) is 106. The van der Waals surface area contributed by atoms with E-state index in [0.29, 0.717) is 64.9 Å². The number of guanidine groups is 2. The summed E-state index contributed by atoms with van der Waals surface area (Å²) in [5, 5.41) is 55.0. The van der Waals surface area contributed by atoms with Gasteiger partial charge < -0.3 is 50.5 Å². The van der Waals surface area contributed by atoms with Crippen molar-refractivity contribution < 1.29 is 52.6 Å². The maximum Gasteiger partial charge on any atom is 0.264 e. The Kier molecular flexibility index (Phi) is 44.2. The summed E-state index contributed by atoms with van der Waals surface area (Å²) in [5.41, 5.74) is 17.7. The summed E-state index contributed by atoms with van der Waals surface area (Å²) in [5.74, 6) is 3.37. The van der Waals surface area contributed by atoms with Gasteiger partial charge in [-0.25, -0.2) is 35.9 Å². The SMILES string of the molecule is O=C1C=CCC1.O=C1C=CCCC1.O=C1C=CCCN1.O=C1CCC=NN1.O=C1CCCN1.O=C1CN2CCCN=C2N1.O=C1CN2Cc3ccccc3N=C2N1.O=C1CNCN1.O=C1Cc2ccccc2N1.O=c1cc2c(n[nH]1)-c1ccccc1CC2.O=c1cc2c(n[nH]1)-c1ccccc1OC2.O=c1cc2c(n[nH]1)CCCC2.O=c1cc2c(n[nH]1)CCOC2.O=c1ccc2ccccc2[nH]1.O=c1cccc[nH]1.O=c1cccn[nH]1. The van der Waals surface area contributed by atoms with Crippen molar-refractivity contribution in [3.05, 3.63) is 360 Å². The number of aryl methyl sites for hydroxylation is 4. The van der Waals surface area contributed by atoms with Crippen LogP contribution >= 0.6 is 0 Å². The van der Waals surface area contributed by atoms with Crippen LogP contribution < -0.4 is 86.3 Å². The first-order valence-electron chi connectivity index (χ1n) is 49.0. The van der Waals surface area contributed by atoms with Gasteiger partial charge in [-0.15, -0.1) is 0 Å². The number of H-pyrrole nitrogens is 7. The summed E-state index contributed by atoms with van der Waals surface area (Å²) in [6.45, 7) is 7.96. The molecule has 4 aliphatic carbocycles. The lowest BCUT2D eigenvalue weighted by Crippen LogP contribution is -2.34. The Bertz CT molecular complexity index is 6980. The molecule has 778 valence electrons. The van der Waals surface area contributed by atoms with Crippen LogP contribution in [0.2, 0.25) is 0 Å². The Morgan fingerprint density at radius 3 is 1.63 bits per heavy atom. The van der Waals surface area contributed by atoms with Gasteiger partial charge >= 0.3 is 0 Å². The fourth-order valence-corrected chi connectivity index (χ4v) is 15.6. The molecule has 0 unspecified atom stereocenters. The van der Waals surface area contributed by atoms with Crippen LogP contribution in [0.4, 0.5) is 11.4 Å². The molecule has 27 rings (SSSR count). The number of aliphatic imine (C=N–C) groups is 2. The van der Waals surface area contributed by atoms with Crippen LogP contribution in [0.3, 0.4) is 0 Å². The van der Waals surface area contributed by atoms with Crippen molar-refractivity contribution in [2.45, 2.75) is 142 Å². The van der Waals surface area contributed by atoms with Gasteiger partial charge in [0.25, 0.3) is 27.8 Å². The average molecular weight is 2040 g/mol. The Labute approximate surface area is 858 Å². The van der Waals surface area contributed by atoms with Gasteiger partial charge in [-0.05, 0) is 183 Å². The zero-order valence-electron chi connectivity index (χ0n) is 82.3. The largest absolute Gasteiger partial charge is 0.488 e. The maximum absolute atomic E-state index is 11.1. The number of ketones is 2. The molecule has 12 aromatic rings. The number of benzene rings is 5. The number of nitrogens with zero attached hydrogens (tertiary/aromatic N) is 10. The molecule has 4 fully saturated rings. The normalized spacial score (nSPS) is 15.9. The molecule has 18 heterocycles. The van der Waals surface area contributed by atoms with Gasteiger partial charge in [-0.3, -0.25) is 97.7 Å². The van der Waals surface area contributed by atoms with Gasteiger partial charge in [0.1, 0.15) is 31.1 Å². The second-order valence-corrected chi connectivity index (χ2v) is 34.4. The summed E-state index contributed by atoms with van der Waals surface area (Å²) in [6, 6.07) is 56.9. The Morgan fingerprint density at radius 1 is 0.387 bits per heavy atom. The van der Waals surface area contributed by atoms with Crippen LogP contribution in [0.5, 0.6) is 5.75 Å². The number of carbonyl (C=O) groups excluding carboxylic acids is 9. The molecule has 0 bridgehead atoms. The number of rotatable bonds is 0. The monoisotopic (exact) mass is 2040 g/mol. The van der Waals surface area contributed by atoms with Gasteiger partial charge in [-0.1, -0.05) is 115 Å². The minimum atomic E-state index is -0.197. The molecular formula is C107H117N25O18. The Morgan fingerprint density at radius 2 is 1.04 bits per heavy atom. The number of pyridine rings is 2. The fourth-order valence-electron chi connectivity index (χ4n) is 15.6. The summed E-state index contributed by atoms with van der Waals surface area (Å²) < 4.78 is 10.7. The lowest BCUT2D eigenvalue weighted by atomic mass is 9.90. The highest BCUT2D eigenvalue weighted by Crippen LogP contribution is 2.35. The number of carbonyl (C=O) groups is 9. The highest BCUT2D eigenvalue weighted by Gasteiger charge is 2.30. The lowest BCUT2D eigenvalue weighted by molar-refractivity contribution is -0.121. The Hall–Kier alpha value is -18.2. The van der Waals surface area contributed by atoms with Crippen molar-refractivity contribution in [1.29, 1.82) is 0 Å². The average Bonchev–Trinajstić information content (AvgIpc) is 1.12. The van der Waals surface area contributed by atoms with Crippen LogP contribution in [0.25, 0.3) is 33.4 Å². The summed E-state index contributed by atoms with van der Waals surface area (Å²) in [6.07, 6.45) is 32.8. The van der Waals surface area contributed by atoms with Crippen molar-refractivity contribution in [2.24, 2.45) is 15.1 Å². The smallest absolute Gasteiger partial charge is 0.264 e. The lowest BCUT2D eigenvalue weighted by Gasteiger charge is -2.22. The van der Waals surface area contributed by atoms with E-state index >= 15 is 0 Å². The van der Waals surface area contributed by atoms with E-state index in [1.54, 1.807) is 67.0 Å². The first-order valence-corrected chi connectivity index (χ1v) is 49.0. The molecule has 0 radical (unpaired) electrons. The second kappa shape index (κ2) is 59.9. The predicted octanol–water partition coefficient (Wildman–Crippen LogP) is 6.71. The van der Waals surface area contributed by atoms with E-state index in [4.69, 9.17) is 9.47 Å². The van der Waals surface area contributed by atoms with E-state index in [9.17, 15) is 76.7 Å². The number of fused-ring (bicyclic) bond motifs is 13. The highest BCUT2D eigenvalue weighted by atomic mass is 16.5. The van der Waals surface area contributed by atoms with Crippen LogP contribution in [-0.4, -0.2) is 201 Å². The third-order valence-electron chi connectivity index (χ3n) is 23.0. The molecule has 15 aliphatic rings. The van der Waals surface area contributed by atoms with Gasteiger partial charge in [0.05, 0.1) is 55.6 Å². The first-order chi connectivity index (χ1) is 73.0. The summed E-state index contributed by atoms with van der Waals surface area (Å²) in [4.78, 5) is 187. The predicted molar refractivity (Wildman–Crippen MR) is 563 cm³/mol. The molecule has 5 aromatic carbocycles. The third-order valence-corrected chi connectivity index (χ3v) is 23.0. The van der Waals surface area contributed by atoms with Crippen molar-refractivity contribution in [3.63, 3.8) is 0 Å². The summed E-state index contributed by atoms with van der Waals surface area (Å²) in [7, 11) is 0. The molecule has 15 N–H and O–H groups in total. The number of para-hydroxylation sites is 4. The van der Waals surface area contributed by atoms with Gasteiger partial charge in [0, 0.05) is 159 Å². The van der Waals surface area contributed by atoms with Crippen LogP contribution in [-0.2, 0) is 106 Å². The number of allylic oxidation sites excluding steroid dienone is 4. The number of hydrogen-bond acceptors (Lipinski definition) is 29. The van der Waals surface area contributed by atoms with Crippen molar-refractivity contribution in [1.82, 2.24) is 108 Å². The van der Waals surface area contributed by atoms with Gasteiger partial charge in [-0.2, -0.15) is 30.6 Å². The molecule has 7 aromatic heterocycles. The van der Waals surface area contributed by atoms with Crippen molar-refractivity contribution in [3.8, 4) is 28.3 Å². The molecule has 11 aliphatic heterocycles. The topological polar surface area (TPSA) is 606 Å². The zero-order valence-corrected chi connectivity index (χ0v) is 82.3. The van der Waals surface area contributed by atoms with Crippen LogP contribution in [0.1, 0.15) is 134 Å². The molecule has 0 spiro atoms. The molecule has 0 atom stereocenters. The number of amides is 7. The minimum absolute atomic E-state index is 0.0162. The van der Waals surface area contributed by atoms with Crippen LogP contribution in [0, 0.1) is 0 Å². The number of hydrogen-bond donors (Lipinski definition) is 15. The minimum Gasteiger partial charge on any atom is -0.488 e. The number of hydrazone groups is 1.